The molecular formula is C16H27N3S. The summed E-state index contributed by atoms with van der Waals surface area (Å²) >= 11 is 1.78. The summed E-state index contributed by atoms with van der Waals surface area (Å²) in [6.45, 7) is 4.21. The average molecular weight is 293 g/mol. The number of hydrogen-bond acceptors (Lipinski definition) is 4. The lowest BCUT2D eigenvalue weighted by atomic mass is 9.96. The molecule has 0 atom stereocenters. The van der Waals surface area contributed by atoms with Crippen LogP contribution in [0.1, 0.15) is 18.4 Å². The molecule has 0 amide bonds. The van der Waals surface area contributed by atoms with Gasteiger partial charge in [0.1, 0.15) is 0 Å². The van der Waals surface area contributed by atoms with E-state index in [-0.39, 0.29) is 0 Å². The first-order chi connectivity index (χ1) is 9.65. The van der Waals surface area contributed by atoms with E-state index in [2.05, 4.69) is 48.4 Å². The fourth-order valence-corrected chi connectivity index (χ4v) is 3.69. The van der Waals surface area contributed by atoms with Crippen molar-refractivity contribution < 1.29 is 0 Å². The van der Waals surface area contributed by atoms with Crippen LogP contribution in [0.3, 0.4) is 0 Å². The highest BCUT2D eigenvalue weighted by molar-refractivity contribution is 7.98. The Kier molecular flexibility index (Phi) is 5.75. The van der Waals surface area contributed by atoms with Crippen LogP contribution >= 0.6 is 11.8 Å². The van der Waals surface area contributed by atoms with Gasteiger partial charge in [0.25, 0.3) is 0 Å². The van der Waals surface area contributed by atoms with Crippen molar-refractivity contribution in [2.75, 3.05) is 44.9 Å². The van der Waals surface area contributed by atoms with E-state index in [1.807, 2.05) is 0 Å². The number of nitrogens with zero attached hydrogens (tertiary/aromatic N) is 2. The van der Waals surface area contributed by atoms with E-state index in [1.165, 1.54) is 42.1 Å². The van der Waals surface area contributed by atoms with E-state index in [9.17, 15) is 0 Å². The van der Waals surface area contributed by atoms with E-state index in [4.69, 9.17) is 5.73 Å². The summed E-state index contributed by atoms with van der Waals surface area (Å²) < 4.78 is 0. The lowest BCUT2D eigenvalue weighted by molar-refractivity contribution is 0.222. The maximum absolute atomic E-state index is 5.97. The fraction of sp³-hybridized carbons (Fsp3) is 0.625. The zero-order valence-electron chi connectivity index (χ0n) is 12.9. The van der Waals surface area contributed by atoms with Crippen molar-refractivity contribution in [1.29, 1.82) is 0 Å². The highest BCUT2D eigenvalue weighted by atomic mass is 32.2. The summed E-state index contributed by atoms with van der Waals surface area (Å²) in [6, 6.07) is 6.52. The van der Waals surface area contributed by atoms with E-state index in [0.29, 0.717) is 6.54 Å². The molecule has 2 rings (SSSR count). The fourth-order valence-electron chi connectivity index (χ4n) is 3.04. The van der Waals surface area contributed by atoms with Crippen LogP contribution in [0.4, 0.5) is 5.69 Å². The molecule has 3 nitrogen and oxygen atoms in total. The van der Waals surface area contributed by atoms with Crippen LogP contribution in [0.5, 0.6) is 0 Å². The zero-order valence-corrected chi connectivity index (χ0v) is 13.7. The van der Waals surface area contributed by atoms with E-state index in [0.717, 1.165) is 12.5 Å². The number of hydrogen-bond donors (Lipinski definition) is 1. The molecule has 1 fully saturated rings. The third-order valence-corrected chi connectivity index (χ3v) is 5.14. The topological polar surface area (TPSA) is 32.5 Å². The second kappa shape index (κ2) is 7.34. The molecular weight excluding hydrogens is 266 g/mol. The Labute approximate surface area is 127 Å². The van der Waals surface area contributed by atoms with Crippen molar-refractivity contribution in [2.45, 2.75) is 24.3 Å². The molecule has 0 radical (unpaired) electrons. The minimum absolute atomic E-state index is 0.615. The van der Waals surface area contributed by atoms with Crippen LogP contribution in [0, 0.1) is 5.92 Å². The number of benzene rings is 1. The Morgan fingerprint density at radius 1 is 1.35 bits per heavy atom. The predicted molar refractivity (Wildman–Crippen MR) is 89.6 cm³/mol. The van der Waals surface area contributed by atoms with Crippen molar-refractivity contribution in [3.63, 3.8) is 0 Å². The molecule has 1 aromatic carbocycles. The van der Waals surface area contributed by atoms with Crippen LogP contribution < -0.4 is 10.6 Å². The summed E-state index contributed by atoms with van der Waals surface area (Å²) in [4.78, 5) is 6.13. The molecule has 1 aromatic rings. The molecule has 0 bridgehead atoms. The van der Waals surface area contributed by atoms with E-state index < -0.39 is 0 Å². The van der Waals surface area contributed by atoms with Crippen molar-refractivity contribution in [2.24, 2.45) is 11.7 Å². The first-order valence-electron chi connectivity index (χ1n) is 7.41. The second-order valence-corrected chi connectivity index (χ2v) is 6.64. The van der Waals surface area contributed by atoms with Gasteiger partial charge in [-0.2, -0.15) is 0 Å². The molecule has 0 aliphatic carbocycles. The van der Waals surface area contributed by atoms with Crippen LogP contribution in [0.15, 0.2) is 23.1 Å². The van der Waals surface area contributed by atoms with Crippen molar-refractivity contribution in [3.8, 4) is 0 Å². The van der Waals surface area contributed by atoms with Gasteiger partial charge >= 0.3 is 0 Å². The maximum atomic E-state index is 5.97. The van der Waals surface area contributed by atoms with Gasteiger partial charge in [0.15, 0.2) is 0 Å². The quantitative estimate of drug-likeness (QED) is 0.846. The molecule has 0 unspecified atom stereocenters. The first kappa shape index (κ1) is 15.7. The number of piperidine rings is 1. The van der Waals surface area contributed by atoms with Gasteiger partial charge in [0.2, 0.25) is 0 Å². The van der Waals surface area contributed by atoms with Crippen LogP contribution in [0.25, 0.3) is 0 Å². The van der Waals surface area contributed by atoms with Gasteiger partial charge in [0, 0.05) is 36.3 Å². The minimum atomic E-state index is 0.615. The predicted octanol–water partition coefficient (Wildman–Crippen LogP) is 2.65. The van der Waals surface area contributed by atoms with E-state index in [1.54, 1.807) is 11.8 Å². The Morgan fingerprint density at radius 3 is 2.65 bits per heavy atom. The zero-order chi connectivity index (χ0) is 14.5. The maximum Gasteiger partial charge on any atom is 0.0420 e. The summed E-state index contributed by atoms with van der Waals surface area (Å²) in [7, 11) is 4.42. The molecule has 2 N–H and O–H groups in total. The average Bonchev–Trinajstić information content (AvgIpc) is 2.48. The number of rotatable bonds is 5. The third kappa shape index (κ3) is 3.68. The Hall–Kier alpha value is -0.710. The highest BCUT2D eigenvalue weighted by Gasteiger charge is 2.19. The molecule has 1 heterocycles. The monoisotopic (exact) mass is 293 g/mol. The van der Waals surface area contributed by atoms with Crippen LogP contribution in [-0.2, 0) is 6.54 Å². The largest absolute Gasteiger partial charge is 0.374 e. The van der Waals surface area contributed by atoms with Gasteiger partial charge in [-0.05, 0) is 57.3 Å². The number of nitrogens with two attached hydrogens (primary N) is 1. The molecule has 1 aliphatic rings. The van der Waals surface area contributed by atoms with Crippen molar-refractivity contribution >= 4 is 17.4 Å². The van der Waals surface area contributed by atoms with Gasteiger partial charge in [-0.1, -0.05) is 6.07 Å². The third-order valence-electron chi connectivity index (χ3n) is 4.31. The SMILES string of the molecule is CSc1cccc(N(C)CC2CCN(C)CC2)c1CN. The summed E-state index contributed by atoms with van der Waals surface area (Å²) in [5.41, 5.74) is 8.56. The van der Waals surface area contributed by atoms with Crippen molar-refractivity contribution in [1.82, 2.24) is 4.90 Å². The normalized spacial score (nSPS) is 17.4. The molecule has 0 aromatic heterocycles. The van der Waals surface area contributed by atoms with E-state index >= 15 is 0 Å². The Morgan fingerprint density at radius 2 is 2.05 bits per heavy atom. The molecule has 1 aliphatic heterocycles. The smallest absolute Gasteiger partial charge is 0.0420 e. The second-order valence-electron chi connectivity index (χ2n) is 5.79. The van der Waals surface area contributed by atoms with Crippen molar-refractivity contribution in [3.05, 3.63) is 23.8 Å². The summed E-state index contributed by atoms with van der Waals surface area (Å²) in [6.07, 6.45) is 4.73. The lowest BCUT2D eigenvalue weighted by Crippen LogP contribution is -2.36. The first-order valence-corrected chi connectivity index (χ1v) is 8.63. The lowest BCUT2D eigenvalue weighted by Gasteiger charge is -2.33. The molecule has 20 heavy (non-hydrogen) atoms. The number of likely N-dealkylation sites (tertiary alicyclic amines) is 1. The molecule has 4 heteroatoms. The highest BCUT2D eigenvalue weighted by Crippen LogP contribution is 2.30. The van der Waals surface area contributed by atoms with Gasteiger partial charge in [-0.15, -0.1) is 11.8 Å². The molecule has 1 saturated heterocycles. The van der Waals surface area contributed by atoms with Gasteiger partial charge in [-0.3, -0.25) is 0 Å². The number of anilines is 1. The summed E-state index contributed by atoms with van der Waals surface area (Å²) in [5, 5.41) is 0. The standard InChI is InChI=1S/C16H27N3S/c1-18-9-7-13(8-10-18)12-19(2)15-5-4-6-16(20-3)14(15)11-17/h4-6,13H,7-12,17H2,1-3H3. The molecule has 0 spiro atoms. The van der Waals surface area contributed by atoms with Crippen LogP contribution in [-0.4, -0.2) is 44.9 Å². The van der Waals surface area contributed by atoms with Gasteiger partial charge in [-0.25, -0.2) is 0 Å². The Bertz CT molecular complexity index is 428. The van der Waals surface area contributed by atoms with Gasteiger partial charge < -0.3 is 15.5 Å². The number of thioether (sulfide) groups is 1. The molecule has 112 valence electrons. The van der Waals surface area contributed by atoms with Crippen LogP contribution in [0.2, 0.25) is 0 Å². The van der Waals surface area contributed by atoms with Gasteiger partial charge in [0.05, 0.1) is 0 Å². The molecule has 0 saturated carbocycles. The summed E-state index contributed by atoms with van der Waals surface area (Å²) in [5.74, 6) is 0.805. The Balaban J connectivity index is 2.07. The minimum Gasteiger partial charge on any atom is -0.374 e.